The first-order valence-corrected chi connectivity index (χ1v) is 8.83. The molecule has 2 N–H and O–H groups in total. The maximum atomic E-state index is 12.4. The number of nitrogens with one attached hydrogen (secondary N) is 1. The lowest BCUT2D eigenvalue weighted by Gasteiger charge is -2.32. The minimum absolute atomic E-state index is 0.0103. The van der Waals surface area contributed by atoms with Crippen molar-refractivity contribution in [2.75, 3.05) is 5.32 Å². The standard InChI is InChI=1S/C19H24N2O4/c1-12(2)17-21-14-10-13(6-7-15(14)25-17)20-16(22)11-19(18(23)24)8-4-3-5-9-19/h6-7,10,12H,3-5,8-9,11H2,1-2H3,(H,20,22)(H,23,24). The van der Waals surface area contributed by atoms with Gasteiger partial charge in [-0.15, -0.1) is 0 Å². The van der Waals surface area contributed by atoms with E-state index in [0.29, 0.717) is 35.5 Å². The van der Waals surface area contributed by atoms with Gasteiger partial charge in [-0.05, 0) is 31.0 Å². The van der Waals surface area contributed by atoms with Crippen LogP contribution in [-0.2, 0) is 9.59 Å². The summed E-state index contributed by atoms with van der Waals surface area (Å²) in [5.74, 6) is -0.287. The van der Waals surface area contributed by atoms with Crippen molar-refractivity contribution in [3.8, 4) is 0 Å². The summed E-state index contributed by atoms with van der Waals surface area (Å²) in [7, 11) is 0. The van der Waals surface area contributed by atoms with E-state index in [2.05, 4.69) is 10.3 Å². The van der Waals surface area contributed by atoms with Gasteiger partial charge < -0.3 is 14.8 Å². The number of hydrogen-bond acceptors (Lipinski definition) is 4. The number of aromatic nitrogens is 1. The van der Waals surface area contributed by atoms with Crippen LogP contribution < -0.4 is 5.32 Å². The minimum atomic E-state index is -0.925. The van der Waals surface area contributed by atoms with Crippen LogP contribution in [0.3, 0.4) is 0 Å². The zero-order chi connectivity index (χ0) is 18.0. The van der Waals surface area contributed by atoms with Crippen molar-refractivity contribution >= 4 is 28.7 Å². The number of carbonyl (C=O) groups is 2. The predicted molar refractivity (Wildman–Crippen MR) is 94.5 cm³/mol. The van der Waals surface area contributed by atoms with Gasteiger partial charge >= 0.3 is 5.97 Å². The maximum Gasteiger partial charge on any atom is 0.310 e. The molecule has 0 saturated heterocycles. The molecule has 3 rings (SSSR count). The Bertz CT molecular complexity index is 788. The zero-order valence-corrected chi connectivity index (χ0v) is 14.7. The number of hydrogen-bond donors (Lipinski definition) is 2. The lowest BCUT2D eigenvalue weighted by atomic mass is 9.71. The molecule has 1 aliphatic rings. The van der Waals surface area contributed by atoms with E-state index in [1.54, 1.807) is 18.2 Å². The van der Waals surface area contributed by atoms with Gasteiger partial charge in [0, 0.05) is 18.0 Å². The molecule has 0 aliphatic heterocycles. The van der Waals surface area contributed by atoms with Crippen molar-refractivity contribution in [3.05, 3.63) is 24.1 Å². The monoisotopic (exact) mass is 344 g/mol. The first kappa shape index (κ1) is 17.5. The van der Waals surface area contributed by atoms with Crippen LogP contribution in [0.15, 0.2) is 22.6 Å². The molecule has 2 aromatic rings. The van der Waals surface area contributed by atoms with Crippen molar-refractivity contribution in [2.24, 2.45) is 5.41 Å². The Morgan fingerprint density at radius 3 is 2.64 bits per heavy atom. The van der Waals surface area contributed by atoms with Crippen LogP contribution in [0.4, 0.5) is 5.69 Å². The number of carbonyl (C=O) groups excluding carboxylic acids is 1. The van der Waals surface area contributed by atoms with Crippen LogP contribution >= 0.6 is 0 Å². The SMILES string of the molecule is CC(C)c1nc2cc(NC(=O)CC3(C(=O)O)CCCCC3)ccc2o1. The average Bonchev–Trinajstić information content (AvgIpc) is 2.99. The van der Waals surface area contributed by atoms with E-state index in [4.69, 9.17) is 4.42 Å². The molecule has 6 nitrogen and oxygen atoms in total. The Hall–Kier alpha value is -2.37. The molecule has 1 heterocycles. The van der Waals surface area contributed by atoms with Gasteiger partial charge in [0.25, 0.3) is 0 Å². The van der Waals surface area contributed by atoms with Crippen molar-refractivity contribution in [1.82, 2.24) is 4.98 Å². The number of carboxylic acids is 1. The highest BCUT2D eigenvalue weighted by Gasteiger charge is 2.41. The summed E-state index contributed by atoms with van der Waals surface area (Å²) < 4.78 is 5.66. The molecule has 0 bridgehead atoms. The highest BCUT2D eigenvalue weighted by Crippen LogP contribution is 2.40. The second-order valence-electron chi connectivity index (χ2n) is 7.26. The summed E-state index contributed by atoms with van der Waals surface area (Å²) in [6.07, 6.45) is 3.91. The number of oxazole rings is 1. The highest BCUT2D eigenvalue weighted by atomic mass is 16.4. The lowest BCUT2D eigenvalue weighted by Crippen LogP contribution is -2.37. The van der Waals surface area contributed by atoms with Gasteiger partial charge in [-0.25, -0.2) is 4.98 Å². The van der Waals surface area contributed by atoms with Crippen LogP contribution in [0.5, 0.6) is 0 Å². The topological polar surface area (TPSA) is 92.4 Å². The molecular weight excluding hydrogens is 320 g/mol. The molecule has 25 heavy (non-hydrogen) atoms. The van der Waals surface area contributed by atoms with E-state index in [1.807, 2.05) is 13.8 Å². The van der Waals surface area contributed by atoms with Crippen LogP contribution in [0, 0.1) is 5.41 Å². The third-order valence-electron chi connectivity index (χ3n) is 4.95. The largest absolute Gasteiger partial charge is 0.481 e. The van der Waals surface area contributed by atoms with Gasteiger partial charge in [0.2, 0.25) is 5.91 Å². The van der Waals surface area contributed by atoms with Gasteiger partial charge in [-0.3, -0.25) is 9.59 Å². The summed E-state index contributed by atoms with van der Waals surface area (Å²) in [5, 5.41) is 12.4. The molecule has 134 valence electrons. The van der Waals surface area contributed by atoms with Crippen LogP contribution in [-0.4, -0.2) is 22.0 Å². The molecule has 1 saturated carbocycles. The smallest absolute Gasteiger partial charge is 0.310 e. The van der Waals surface area contributed by atoms with E-state index < -0.39 is 11.4 Å². The molecule has 0 spiro atoms. The van der Waals surface area contributed by atoms with Gasteiger partial charge in [0.05, 0.1) is 5.41 Å². The van der Waals surface area contributed by atoms with E-state index in [1.165, 1.54) is 0 Å². The fourth-order valence-corrected chi connectivity index (χ4v) is 3.48. The second kappa shape index (κ2) is 6.86. The molecule has 0 radical (unpaired) electrons. The first-order valence-electron chi connectivity index (χ1n) is 8.83. The molecule has 0 atom stereocenters. The number of aliphatic carboxylic acids is 1. The number of fused-ring (bicyclic) bond motifs is 1. The van der Waals surface area contributed by atoms with Crippen molar-refractivity contribution in [1.29, 1.82) is 0 Å². The maximum absolute atomic E-state index is 12.4. The van der Waals surface area contributed by atoms with E-state index in [9.17, 15) is 14.7 Å². The van der Waals surface area contributed by atoms with Gasteiger partial charge in [-0.1, -0.05) is 33.1 Å². The van der Waals surface area contributed by atoms with Crippen LogP contribution in [0.25, 0.3) is 11.1 Å². The fourth-order valence-electron chi connectivity index (χ4n) is 3.48. The third-order valence-corrected chi connectivity index (χ3v) is 4.95. The van der Waals surface area contributed by atoms with E-state index in [-0.39, 0.29) is 18.2 Å². The Morgan fingerprint density at radius 1 is 1.28 bits per heavy atom. The van der Waals surface area contributed by atoms with Gasteiger partial charge in [0.1, 0.15) is 5.52 Å². The summed E-state index contributed by atoms with van der Waals surface area (Å²) in [5.41, 5.74) is 1.05. The number of anilines is 1. The number of amides is 1. The molecule has 1 aromatic heterocycles. The second-order valence-corrected chi connectivity index (χ2v) is 7.26. The zero-order valence-electron chi connectivity index (χ0n) is 14.7. The molecule has 0 unspecified atom stereocenters. The first-order chi connectivity index (χ1) is 11.9. The predicted octanol–water partition coefficient (Wildman–Crippen LogP) is 4.31. The highest BCUT2D eigenvalue weighted by molar-refractivity contribution is 5.95. The fraction of sp³-hybridized carbons (Fsp3) is 0.526. The summed E-state index contributed by atoms with van der Waals surface area (Å²) in [6.45, 7) is 4.01. The van der Waals surface area contributed by atoms with E-state index >= 15 is 0 Å². The minimum Gasteiger partial charge on any atom is -0.481 e. The van der Waals surface area contributed by atoms with E-state index in [0.717, 1.165) is 19.3 Å². The molecule has 1 aliphatic carbocycles. The van der Waals surface area contributed by atoms with Crippen molar-refractivity contribution < 1.29 is 19.1 Å². The molecule has 1 aromatic carbocycles. The number of carboxylic acid groups (broad SMARTS) is 1. The summed E-state index contributed by atoms with van der Waals surface area (Å²) in [6, 6.07) is 5.29. The van der Waals surface area contributed by atoms with Crippen molar-refractivity contribution in [3.63, 3.8) is 0 Å². The molecule has 6 heteroatoms. The Kier molecular flexibility index (Phi) is 4.79. The van der Waals surface area contributed by atoms with Crippen LogP contribution in [0.1, 0.15) is 64.2 Å². The molecule has 1 amide bonds. The Balaban J connectivity index is 1.73. The summed E-state index contributed by atoms with van der Waals surface area (Å²) in [4.78, 5) is 28.6. The lowest BCUT2D eigenvalue weighted by molar-refractivity contribution is -0.153. The van der Waals surface area contributed by atoms with Crippen molar-refractivity contribution in [2.45, 2.75) is 58.3 Å². The Labute approximate surface area is 146 Å². The third kappa shape index (κ3) is 3.67. The quantitative estimate of drug-likeness (QED) is 0.843. The van der Waals surface area contributed by atoms with Crippen LogP contribution in [0.2, 0.25) is 0 Å². The number of rotatable bonds is 5. The number of nitrogens with zero attached hydrogens (tertiary/aromatic N) is 1. The normalized spacial score (nSPS) is 16.9. The number of benzene rings is 1. The molecule has 1 fully saturated rings. The summed E-state index contributed by atoms with van der Waals surface area (Å²) >= 11 is 0. The van der Waals surface area contributed by atoms with Gasteiger partial charge in [-0.2, -0.15) is 0 Å². The average molecular weight is 344 g/mol. The van der Waals surface area contributed by atoms with Gasteiger partial charge in [0.15, 0.2) is 11.5 Å². The molecular formula is C19H24N2O4. The Morgan fingerprint density at radius 2 is 2.00 bits per heavy atom.